The van der Waals surface area contributed by atoms with Crippen LogP contribution in [0.25, 0.3) is 0 Å². The first-order valence-electron chi connectivity index (χ1n) is 7.97. The van der Waals surface area contributed by atoms with E-state index in [2.05, 4.69) is 0 Å². The van der Waals surface area contributed by atoms with Crippen LogP contribution in [0.5, 0.6) is 0 Å². The summed E-state index contributed by atoms with van der Waals surface area (Å²) in [5, 5.41) is 10.8. The second-order valence-electron chi connectivity index (χ2n) is 7.50. The average molecular weight is 299 g/mol. The number of ether oxygens (including phenoxy) is 2. The molecule has 0 aromatic carbocycles. The van der Waals surface area contributed by atoms with E-state index in [0.717, 1.165) is 25.7 Å². The number of rotatable bonds is 4. The summed E-state index contributed by atoms with van der Waals surface area (Å²) in [4.78, 5) is 14.2. The van der Waals surface area contributed by atoms with Crippen LogP contribution in [0.2, 0.25) is 0 Å². The highest BCUT2D eigenvalue weighted by Gasteiger charge is 2.49. The summed E-state index contributed by atoms with van der Waals surface area (Å²) in [6, 6.07) is 0.234. The maximum atomic E-state index is 12.3. The zero-order chi connectivity index (χ0) is 15.7. The Bertz CT molecular complexity index is 363. The van der Waals surface area contributed by atoms with E-state index in [-0.39, 0.29) is 18.2 Å². The summed E-state index contributed by atoms with van der Waals surface area (Å²) in [6.45, 7) is 6.33. The highest BCUT2D eigenvalue weighted by atomic mass is 16.6. The van der Waals surface area contributed by atoms with Gasteiger partial charge < -0.3 is 19.5 Å². The van der Waals surface area contributed by atoms with Crippen LogP contribution in [0.3, 0.4) is 0 Å². The number of hydrogen-bond donors (Lipinski definition) is 1. The lowest BCUT2D eigenvalue weighted by atomic mass is 9.83. The van der Waals surface area contributed by atoms with Crippen LogP contribution in [-0.2, 0) is 9.47 Å². The monoisotopic (exact) mass is 299 g/mol. The molecule has 0 aromatic rings. The molecule has 2 rings (SSSR count). The van der Waals surface area contributed by atoms with Crippen molar-refractivity contribution < 1.29 is 19.4 Å². The van der Waals surface area contributed by atoms with Crippen molar-refractivity contribution in [1.29, 1.82) is 0 Å². The van der Waals surface area contributed by atoms with Gasteiger partial charge in [-0.1, -0.05) is 0 Å². The number of hydrogen-bond acceptors (Lipinski definition) is 4. The van der Waals surface area contributed by atoms with Gasteiger partial charge in [0.2, 0.25) is 0 Å². The van der Waals surface area contributed by atoms with Gasteiger partial charge in [0.05, 0.1) is 5.60 Å². The number of nitrogens with zero attached hydrogens (tertiary/aromatic N) is 1. The fourth-order valence-electron chi connectivity index (χ4n) is 3.68. The van der Waals surface area contributed by atoms with E-state index in [4.69, 9.17) is 9.47 Å². The summed E-state index contributed by atoms with van der Waals surface area (Å²) < 4.78 is 10.6. The van der Waals surface area contributed by atoms with Gasteiger partial charge >= 0.3 is 6.09 Å². The summed E-state index contributed by atoms with van der Waals surface area (Å²) >= 11 is 0. The standard InChI is InChI=1S/C16H29NO4/c1-15(2,3)21-14(18)17-12-6-7-13(17)11-16(19,10-12)8-5-9-20-4/h12-13,19H,5-11H2,1-4H3. The number of carbonyl (C=O) groups is 1. The van der Waals surface area contributed by atoms with Crippen LogP contribution >= 0.6 is 0 Å². The Balaban J connectivity index is 1.97. The van der Waals surface area contributed by atoms with Gasteiger partial charge in [0, 0.05) is 25.8 Å². The predicted octanol–water partition coefficient (Wildman–Crippen LogP) is 2.71. The van der Waals surface area contributed by atoms with Gasteiger partial charge in [-0.15, -0.1) is 0 Å². The third-order valence-corrected chi connectivity index (χ3v) is 4.45. The molecule has 0 spiro atoms. The molecule has 2 aliphatic heterocycles. The molecule has 2 bridgehead atoms. The molecule has 2 unspecified atom stereocenters. The highest BCUT2D eigenvalue weighted by molar-refractivity contribution is 5.69. The van der Waals surface area contributed by atoms with Crippen molar-refractivity contribution in [3.63, 3.8) is 0 Å². The first-order valence-corrected chi connectivity index (χ1v) is 7.97. The van der Waals surface area contributed by atoms with E-state index in [0.29, 0.717) is 19.4 Å². The summed E-state index contributed by atoms with van der Waals surface area (Å²) in [5.41, 5.74) is -1.12. The highest BCUT2D eigenvalue weighted by Crippen LogP contribution is 2.43. The van der Waals surface area contributed by atoms with Crippen LogP contribution in [0.15, 0.2) is 0 Å². The van der Waals surface area contributed by atoms with Gasteiger partial charge in [0.1, 0.15) is 5.60 Å². The smallest absolute Gasteiger partial charge is 0.410 e. The molecule has 2 atom stereocenters. The van der Waals surface area contributed by atoms with Crippen LogP contribution < -0.4 is 0 Å². The Morgan fingerprint density at radius 1 is 1.29 bits per heavy atom. The Kier molecular flexibility index (Phi) is 4.83. The summed E-state index contributed by atoms with van der Waals surface area (Å²) in [7, 11) is 1.68. The lowest BCUT2D eigenvalue weighted by Gasteiger charge is -2.44. The molecule has 0 saturated carbocycles. The quantitative estimate of drug-likeness (QED) is 0.811. The van der Waals surface area contributed by atoms with Crippen molar-refractivity contribution in [3.05, 3.63) is 0 Å². The minimum absolute atomic E-state index is 0.117. The summed E-state index contributed by atoms with van der Waals surface area (Å²) in [5.74, 6) is 0. The van der Waals surface area contributed by atoms with Crippen molar-refractivity contribution in [2.75, 3.05) is 13.7 Å². The number of carbonyl (C=O) groups excluding carboxylic acids is 1. The van der Waals surface area contributed by atoms with Crippen LogP contribution in [0, 0.1) is 0 Å². The fraction of sp³-hybridized carbons (Fsp3) is 0.938. The number of aliphatic hydroxyl groups is 1. The number of methoxy groups -OCH3 is 1. The van der Waals surface area contributed by atoms with Gasteiger partial charge in [-0.25, -0.2) is 4.79 Å². The third kappa shape index (κ3) is 4.10. The second-order valence-corrected chi connectivity index (χ2v) is 7.50. The van der Waals surface area contributed by atoms with Gasteiger partial charge in [-0.3, -0.25) is 0 Å². The number of piperidine rings is 1. The fourth-order valence-corrected chi connectivity index (χ4v) is 3.68. The lowest BCUT2D eigenvalue weighted by Crippen LogP contribution is -2.54. The predicted molar refractivity (Wildman–Crippen MR) is 80.2 cm³/mol. The van der Waals surface area contributed by atoms with Gasteiger partial charge in [-0.2, -0.15) is 0 Å². The topological polar surface area (TPSA) is 59.0 Å². The maximum absolute atomic E-state index is 12.3. The molecule has 2 aliphatic rings. The molecule has 1 amide bonds. The molecule has 122 valence electrons. The van der Waals surface area contributed by atoms with E-state index in [9.17, 15) is 9.90 Å². The number of amides is 1. The molecule has 2 saturated heterocycles. The molecule has 1 N–H and O–H groups in total. The minimum Gasteiger partial charge on any atom is -0.444 e. The number of fused-ring (bicyclic) bond motifs is 2. The molecular formula is C16H29NO4. The van der Waals surface area contributed by atoms with Crippen molar-refractivity contribution in [1.82, 2.24) is 4.90 Å². The molecule has 0 aromatic heterocycles. The normalized spacial score (nSPS) is 32.3. The molecule has 2 fully saturated rings. The molecule has 5 heteroatoms. The first-order chi connectivity index (χ1) is 9.74. The van der Waals surface area contributed by atoms with Crippen LogP contribution in [0.4, 0.5) is 4.79 Å². The lowest BCUT2D eigenvalue weighted by molar-refractivity contribution is -0.0653. The summed E-state index contributed by atoms with van der Waals surface area (Å²) in [6.07, 6.45) is 4.63. The van der Waals surface area contributed by atoms with E-state index in [1.165, 1.54) is 0 Å². The third-order valence-electron chi connectivity index (χ3n) is 4.45. The Hall–Kier alpha value is -0.810. The average Bonchev–Trinajstić information content (AvgIpc) is 2.61. The van der Waals surface area contributed by atoms with Gasteiger partial charge in [-0.05, 0) is 59.3 Å². The van der Waals surface area contributed by atoms with Gasteiger partial charge in [0.25, 0.3) is 0 Å². The molecule has 0 aliphatic carbocycles. The van der Waals surface area contributed by atoms with Crippen LogP contribution in [-0.4, -0.2) is 53.1 Å². The first kappa shape index (κ1) is 16.6. The molecule has 2 heterocycles. The van der Waals surface area contributed by atoms with E-state index < -0.39 is 11.2 Å². The Morgan fingerprint density at radius 3 is 2.33 bits per heavy atom. The minimum atomic E-state index is -0.650. The Morgan fingerprint density at radius 2 is 1.86 bits per heavy atom. The zero-order valence-corrected chi connectivity index (χ0v) is 13.7. The van der Waals surface area contributed by atoms with Crippen molar-refractivity contribution in [3.8, 4) is 0 Å². The maximum Gasteiger partial charge on any atom is 0.410 e. The van der Waals surface area contributed by atoms with E-state index in [1.807, 2.05) is 25.7 Å². The zero-order valence-electron chi connectivity index (χ0n) is 13.7. The van der Waals surface area contributed by atoms with Crippen LogP contribution in [0.1, 0.15) is 59.3 Å². The Labute approximate surface area is 127 Å². The second kappa shape index (κ2) is 6.13. The molecular weight excluding hydrogens is 270 g/mol. The largest absolute Gasteiger partial charge is 0.444 e. The molecule has 0 radical (unpaired) electrons. The van der Waals surface area contributed by atoms with Crippen molar-refractivity contribution in [2.24, 2.45) is 0 Å². The van der Waals surface area contributed by atoms with Gasteiger partial charge in [0.15, 0.2) is 0 Å². The SMILES string of the molecule is COCCCC1(O)CC2CCC(C1)N2C(=O)OC(C)(C)C. The molecule has 5 nitrogen and oxygen atoms in total. The van der Waals surface area contributed by atoms with E-state index in [1.54, 1.807) is 7.11 Å². The van der Waals surface area contributed by atoms with Crippen molar-refractivity contribution in [2.45, 2.75) is 82.6 Å². The molecule has 21 heavy (non-hydrogen) atoms. The van der Waals surface area contributed by atoms with Crippen molar-refractivity contribution >= 4 is 6.09 Å². The van der Waals surface area contributed by atoms with E-state index >= 15 is 0 Å².